The summed E-state index contributed by atoms with van der Waals surface area (Å²) in [6, 6.07) is 8.66. The Morgan fingerprint density at radius 1 is 0.980 bits per heavy atom. The summed E-state index contributed by atoms with van der Waals surface area (Å²) in [5.74, 6) is -3.92. The van der Waals surface area contributed by atoms with Crippen LogP contribution in [0.1, 0.15) is 65.4 Å². The molecule has 1 aliphatic carbocycles. The number of benzene rings is 1. The number of aliphatic hydroxyl groups is 1. The molecule has 278 valence electrons. The first kappa shape index (κ1) is 40.1. The number of Topliss-reactive ketones (excluding diaryl/α,β-unsaturated/α-hetero) is 2. The molecule has 1 aromatic rings. The van der Waals surface area contributed by atoms with Gasteiger partial charge < -0.3 is 29.0 Å². The van der Waals surface area contributed by atoms with Crippen LogP contribution >= 0.6 is 0 Å². The molecule has 10 nitrogen and oxygen atoms in total. The molecule has 0 radical (unpaired) electrons. The van der Waals surface area contributed by atoms with Crippen molar-refractivity contribution in [1.29, 1.82) is 0 Å². The number of piperidine rings is 1. The molecule has 0 spiro atoms. The van der Waals surface area contributed by atoms with Gasteiger partial charge in [0.05, 0.1) is 18.3 Å². The molecule has 0 saturated carbocycles. The molecular formula is C41H55NO9. The van der Waals surface area contributed by atoms with Crippen LogP contribution in [0.3, 0.4) is 0 Å². The number of allylic oxidation sites excluding steroid dienone is 5. The van der Waals surface area contributed by atoms with Gasteiger partial charge in [-0.1, -0.05) is 87.6 Å². The number of esters is 1. The van der Waals surface area contributed by atoms with Crippen LogP contribution < -0.4 is 0 Å². The normalized spacial score (nSPS) is 34.7. The molecule has 0 bridgehead atoms. The van der Waals surface area contributed by atoms with Crippen LogP contribution in [-0.2, 0) is 38.1 Å². The number of rotatable bonds is 9. The number of methoxy groups -OCH3 is 2. The SMILES string of the molecule is COC1C(=O)[C@H](C)C[C@@H](C)\C=C/C=C/C=C(/C)[C@H](OC)C1[C@@H]1CC(C)[C@@H](O)[C@H](C(=O)C(=O)N2CCCCC2C(=O)OC/C=C/c2ccccc2)O1. The van der Waals surface area contributed by atoms with E-state index in [4.69, 9.17) is 18.9 Å². The fraction of sp³-hybridized carbons (Fsp3) is 0.561. The molecular weight excluding hydrogens is 650 g/mol. The second-order valence-corrected chi connectivity index (χ2v) is 14.2. The molecule has 0 aromatic heterocycles. The Morgan fingerprint density at radius 3 is 2.41 bits per heavy atom. The molecule has 51 heavy (non-hydrogen) atoms. The third-order valence-electron chi connectivity index (χ3n) is 10.4. The lowest BCUT2D eigenvalue weighted by Crippen LogP contribution is -2.59. The average molecular weight is 706 g/mol. The number of carbonyl (C=O) groups is 4. The van der Waals surface area contributed by atoms with Crippen molar-refractivity contribution in [2.75, 3.05) is 27.4 Å². The molecule has 10 heteroatoms. The van der Waals surface area contributed by atoms with Gasteiger partial charge in [-0.3, -0.25) is 14.4 Å². The van der Waals surface area contributed by atoms with Crippen molar-refractivity contribution in [2.45, 2.75) is 96.4 Å². The largest absolute Gasteiger partial charge is 0.460 e. The lowest BCUT2D eigenvalue weighted by Gasteiger charge is -2.45. The summed E-state index contributed by atoms with van der Waals surface area (Å²) >= 11 is 0. The molecule has 10 atom stereocenters. The van der Waals surface area contributed by atoms with Crippen molar-refractivity contribution < 1.29 is 43.2 Å². The highest BCUT2D eigenvalue weighted by molar-refractivity contribution is 6.38. The highest BCUT2D eigenvalue weighted by Crippen LogP contribution is 2.38. The number of ketones is 2. The fourth-order valence-corrected chi connectivity index (χ4v) is 7.56. The maximum absolute atomic E-state index is 14.1. The van der Waals surface area contributed by atoms with Crippen molar-refractivity contribution in [3.63, 3.8) is 0 Å². The number of aliphatic hydroxyl groups excluding tert-OH is 1. The number of likely N-dealkylation sites (tertiary alicyclic amines) is 1. The summed E-state index contributed by atoms with van der Waals surface area (Å²) in [6.07, 6.45) is 10.7. The van der Waals surface area contributed by atoms with Gasteiger partial charge in [0.15, 0.2) is 11.9 Å². The Morgan fingerprint density at radius 2 is 1.71 bits per heavy atom. The minimum Gasteiger partial charge on any atom is -0.460 e. The van der Waals surface area contributed by atoms with Crippen LogP contribution in [0.2, 0.25) is 0 Å². The Balaban J connectivity index is 1.58. The van der Waals surface area contributed by atoms with Gasteiger partial charge in [0.2, 0.25) is 0 Å². The summed E-state index contributed by atoms with van der Waals surface area (Å²) in [7, 11) is 3.04. The van der Waals surface area contributed by atoms with Gasteiger partial charge in [-0.05, 0) is 68.1 Å². The molecule has 4 unspecified atom stereocenters. The number of hydrogen-bond acceptors (Lipinski definition) is 9. The standard InChI is InChI=1S/C41H55NO9/c1-26-16-9-7-10-17-27(2)37(48-5)33(38(49-6)34(43)28(3)24-26)32-25-29(4)35(44)39(51-32)36(45)40(46)42-22-14-13-21-31(42)41(47)50-23-15-20-30-18-11-8-12-19-30/h7-12,15-20,26,28-29,31-33,35,37-39,44H,13-14,21-25H2,1-6H3/b10-7+,16-9-,20-15+,27-17-/t26-,28+,29?,31?,32-,33?,35+,37-,38?,39+/m0/s1. The number of nitrogens with zero attached hydrogens (tertiary/aromatic N) is 1. The molecule has 2 aliphatic heterocycles. The highest BCUT2D eigenvalue weighted by atomic mass is 16.5. The summed E-state index contributed by atoms with van der Waals surface area (Å²) in [5, 5.41) is 11.3. The molecule has 2 fully saturated rings. The summed E-state index contributed by atoms with van der Waals surface area (Å²) < 4.78 is 23.9. The first-order valence-electron chi connectivity index (χ1n) is 18.2. The van der Waals surface area contributed by atoms with Crippen LogP contribution in [-0.4, -0.2) is 97.4 Å². The van der Waals surface area contributed by atoms with Crippen molar-refractivity contribution >= 4 is 29.5 Å². The molecule has 2 saturated heterocycles. The van der Waals surface area contributed by atoms with E-state index < -0.39 is 66.1 Å². The predicted molar refractivity (Wildman–Crippen MR) is 194 cm³/mol. The third-order valence-corrected chi connectivity index (χ3v) is 10.4. The van der Waals surface area contributed by atoms with E-state index in [1.165, 1.54) is 12.0 Å². The Hall–Kier alpha value is -3.70. The Bertz CT molecular complexity index is 1470. The Kier molecular flexibility index (Phi) is 15.1. The maximum Gasteiger partial charge on any atom is 0.329 e. The van der Waals surface area contributed by atoms with Gasteiger partial charge in [0, 0.05) is 32.6 Å². The molecule has 2 heterocycles. The van der Waals surface area contributed by atoms with Crippen molar-refractivity contribution in [3.05, 3.63) is 77.9 Å². The summed E-state index contributed by atoms with van der Waals surface area (Å²) in [6.45, 7) is 7.85. The summed E-state index contributed by atoms with van der Waals surface area (Å²) in [4.78, 5) is 56.5. The van der Waals surface area contributed by atoms with Crippen LogP contribution in [0.15, 0.2) is 72.4 Å². The van der Waals surface area contributed by atoms with E-state index in [-0.39, 0.29) is 30.8 Å². The first-order valence-corrected chi connectivity index (χ1v) is 18.2. The van der Waals surface area contributed by atoms with Crippen molar-refractivity contribution in [2.24, 2.45) is 23.7 Å². The van der Waals surface area contributed by atoms with E-state index in [2.05, 4.69) is 13.0 Å². The number of carbonyl (C=O) groups excluding carboxylic acids is 4. The van der Waals surface area contributed by atoms with E-state index in [9.17, 15) is 24.3 Å². The molecule has 1 amide bonds. The fourth-order valence-electron chi connectivity index (χ4n) is 7.56. The van der Waals surface area contributed by atoms with Crippen LogP contribution in [0, 0.1) is 23.7 Å². The van der Waals surface area contributed by atoms with Gasteiger partial charge in [0.25, 0.3) is 11.7 Å². The lowest BCUT2D eigenvalue weighted by molar-refractivity contribution is -0.195. The molecule has 1 aromatic carbocycles. The van der Waals surface area contributed by atoms with Crippen LogP contribution in [0.25, 0.3) is 6.08 Å². The monoisotopic (exact) mass is 705 g/mol. The third kappa shape index (κ3) is 10.2. The first-order chi connectivity index (χ1) is 24.5. The molecule has 3 aliphatic rings. The van der Waals surface area contributed by atoms with Gasteiger partial charge >= 0.3 is 5.97 Å². The quantitative estimate of drug-likeness (QED) is 0.269. The Labute approximate surface area is 302 Å². The van der Waals surface area contributed by atoms with Gasteiger partial charge in [-0.25, -0.2) is 4.79 Å². The topological polar surface area (TPSA) is 129 Å². The predicted octanol–water partition coefficient (Wildman–Crippen LogP) is 5.30. The van der Waals surface area contributed by atoms with Gasteiger partial charge in [0.1, 0.15) is 18.8 Å². The highest BCUT2D eigenvalue weighted by Gasteiger charge is 2.51. The van der Waals surface area contributed by atoms with Gasteiger partial charge in [-0.15, -0.1) is 0 Å². The average Bonchev–Trinajstić information content (AvgIpc) is 3.14. The summed E-state index contributed by atoms with van der Waals surface area (Å²) in [5.41, 5.74) is 1.78. The minimum absolute atomic E-state index is 0.0169. The smallest absolute Gasteiger partial charge is 0.329 e. The van der Waals surface area contributed by atoms with Gasteiger partial charge in [-0.2, -0.15) is 0 Å². The minimum atomic E-state index is -1.51. The zero-order chi connectivity index (χ0) is 37.1. The van der Waals surface area contributed by atoms with E-state index >= 15 is 0 Å². The van der Waals surface area contributed by atoms with Crippen molar-refractivity contribution in [1.82, 2.24) is 4.90 Å². The van der Waals surface area contributed by atoms with E-state index in [1.807, 2.05) is 74.6 Å². The van der Waals surface area contributed by atoms with E-state index in [1.54, 1.807) is 20.1 Å². The number of amides is 1. The molecule has 1 N–H and O–H groups in total. The van der Waals surface area contributed by atoms with E-state index in [0.29, 0.717) is 32.1 Å². The van der Waals surface area contributed by atoms with Crippen LogP contribution in [0.5, 0.6) is 0 Å². The maximum atomic E-state index is 14.1. The zero-order valence-corrected chi connectivity index (χ0v) is 30.8. The van der Waals surface area contributed by atoms with Crippen LogP contribution in [0.4, 0.5) is 0 Å². The lowest BCUT2D eigenvalue weighted by atomic mass is 9.75. The second kappa shape index (κ2) is 19.2. The molecule has 4 rings (SSSR count). The van der Waals surface area contributed by atoms with E-state index in [0.717, 1.165) is 11.1 Å². The zero-order valence-electron chi connectivity index (χ0n) is 30.8. The number of hydrogen-bond donors (Lipinski definition) is 1. The van der Waals surface area contributed by atoms with Crippen molar-refractivity contribution in [3.8, 4) is 0 Å². The second-order valence-electron chi connectivity index (χ2n) is 14.2. The number of ether oxygens (including phenoxy) is 4.